The quantitative estimate of drug-likeness (QED) is 0.615. The van der Waals surface area contributed by atoms with Gasteiger partial charge in [-0.2, -0.15) is 0 Å². The maximum atomic E-state index is 13.8. The lowest BCUT2D eigenvalue weighted by Gasteiger charge is -2.48. The van der Waals surface area contributed by atoms with Gasteiger partial charge in [0.2, 0.25) is 5.91 Å². The molecule has 1 aromatic carbocycles. The van der Waals surface area contributed by atoms with E-state index in [4.69, 9.17) is 0 Å². The monoisotopic (exact) mass is 433 g/mol. The van der Waals surface area contributed by atoms with E-state index in [1.54, 1.807) is 6.08 Å². The molecule has 0 aromatic heterocycles. The van der Waals surface area contributed by atoms with Crippen molar-refractivity contribution in [1.29, 1.82) is 0 Å². The van der Waals surface area contributed by atoms with Crippen molar-refractivity contribution in [3.8, 4) is 0 Å². The van der Waals surface area contributed by atoms with Gasteiger partial charge in [0, 0.05) is 17.9 Å². The molecule has 0 bridgehead atoms. The lowest BCUT2D eigenvalue weighted by molar-refractivity contribution is -0.141. The van der Waals surface area contributed by atoms with Gasteiger partial charge in [-0.05, 0) is 50.7 Å². The normalized spacial score (nSPS) is 37.3. The van der Waals surface area contributed by atoms with Gasteiger partial charge in [-0.25, -0.2) is 0 Å². The fraction of sp³-hybridized carbons (Fsp3) is 0.464. The summed E-state index contributed by atoms with van der Waals surface area (Å²) in [7, 11) is 0. The topological polar surface area (TPSA) is 69.6 Å². The second-order valence-corrected chi connectivity index (χ2v) is 9.87. The molecule has 32 heavy (non-hydrogen) atoms. The molecule has 4 rings (SSSR count). The van der Waals surface area contributed by atoms with E-state index < -0.39 is 23.5 Å². The standard InChI is InChI=1S/C28H35NO3/c1-17-9-8-12-22-26(31)20(4)19(3)25-23(16-21-10-6-5-7-11-21)29-27(32)28(22,25)24(30)14-13-18(2)15-17/h5-8,10-15,17,22-26,30-31H,9,16H2,1-4H3,(H,29,32)/t17-,22-,23-,24+,25-,26+,28+/m0/s1. The molecule has 1 saturated heterocycles. The van der Waals surface area contributed by atoms with Crippen molar-refractivity contribution in [2.45, 2.75) is 58.8 Å². The highest BCUT2D eigenvalue weighted by molar-refractivity contribution is 5.89. The van der Waals surface area contributed by atoms with E-state index >= 15 is 0 Å². The van der Waals surface area contributed by atoms with Gasteiger partial charge in [-0.3, -0.25) is 4.79 Å². The number of aliphatic hydroxyl groups excluding tert-OH is 2. The molecular formula is C28H35NO3. The number of carbonyl (C=O) groups excluding carboxylic acids is 1. The van der Waals surface area contributed by atoms with Gasteiger partial charge in [0.1, 0.15) is 0 Å². The molecule has 7 atom stereocenters. The highest BCUT2D eigenvalue weighted by atomic mass is 16.3. The Labute approximate surface area is 191 Å². The molecule has 170 valence electrons. The van der Waals surface area contributed by atoms with Crippen LogP contribution in [-0.2, 0) is 11.2 Å². The van der Waals surface area contributed by atoms with Crippen LogP contribution in [0.15, 0.2) is 77.4 Å². The second-order valence-electron chi connectivity index (χ2n) is 9.87. The average Bonchev–Trinajstić information content (AvgIpc) is 3.04. The molecule has 1 aromatic rings. The number of carbonyl (C=O) groups is 1. The molecule has 1 aliphatic heterocycles. The maximum absolute atomic E-state index is 13.8. The number of amides is 1. The van der Waals surface area contributed by atoms with E-state index in [9.17, 15) is 15.0 Å². The molecule has 1 amide bonds. The molecule has 1 fully saturated rings. The Morgan fingerprint density at radius 1 is 1.06 bits per heavy atom. The molecule has 3 aliphatic rings. The van der Waals surface area contributed by atoms with E-state index in [0.29, 0.717) is 12.3 Å². The summed E-state index contributed by atoms with van der Waals surface area (Å²) < 4.78 is 0. The van der Waals surface area contributed by atoms with Crippen LogP contribution in [0.1, 0.15) is 39.7 Å². The summed E-state index contributed by atoms with van der Waals surface area (Å²) >= 11 is 0. The lowest BCUT2D eigenvalue weighted by atomic mass is 9.54. The van der Waals surface area contributed by atoms with Crippen molar-refractivity contribution in [1.82, 2.24) is 5.32 Å². The van der Waals surface area contributed by atoms with Gasteiger partial charge in [0.05, 0.1) is 17.6 Å². The average molecular weight is 434 g/mol. The van der Waals surface area contributed by atoms with Gasteiger partial charge >= 0.3 is 0 Å². The Morgan fingerprint density at radius 2 is 1.78 bits per heavy atom. The van der Waals surface area contributed by atoms with Crippen LogP contribution in [0, 0.1) is 23.2 Å². The third-order valence-corrected chi connectivity index (χ3v) is 7.78. The SMILES string of the molecule is CC1=C[C@@H](C)CC=C[C@H]2[C@H](O)C(C)=C(C)[C@H]3[C@H](Cc4ccccc4)NC(=O)[C@@]23[C@H](O)C=C1. The molecule has 0 saturated carbocycles. The van der Waals surface area contributed by atoms with Gasteiger partial charge in [-0.1, -0.05) is 78.8 Å². The van der Waals surface area contributed by atoms with Crippen LogP contribution >= 0.6 is 0 Å². The fourth-order valence-corrected chi connectivity index (χ4v) is 6.11. The van der Waals surface area contributed by atoms with E-state index in [0.717, 1.165) is 28.7 Å². The molecule has 3 N–H and O–H groups in total. The van der Waals surface area contributed by atoms with Crippen LogP contribution < -0.4 is 5.32 Å². The first-order chi connectivity index (χ1) is 15.3. The van der Waals surface area contributed by atoms with Crippen LogP contribution in [-0.4, -0.2) is 34.4 Å². The van der Waals surface area contributed by atoms with Crippen molar-refractivity contribution in [3.05, 3.63) is 83.0 Å². The first-order valence-electron chi connectivity index (χ1n) is 11.7. The number of hydrogen-bond acceptors (Lipinski definition) is 3. The van der Waals surface area contributed by atoms with Crippen LogP contribution in [0.5, 0.6) is 0 Å². The van der Waals surface area contributed by atoms with Crippen molar-refractivity contribution >= 4 is 5.91 Å². The highest BCUT2D eigenvalue weighted by Crippen LogP contribution is 2.56. The van der Waals surface area contributed by atoms with Gasteiger partial charge < -0.3 is 15.5 Å². The minimum Gasteiger partial charge on any atom is -0.388 e. The first-order valence-corrected chi connectivity index (χ1v) is 11.7. The summed E-state index contributed by atoms with van der Waals surface area (Å²) in [5, 5.41) is 26.2. The van der Waals surface area contributed by atoms with E-state index in [2.05, 4.69) is 36.5 Å². The summed E-state index contributed by atoms with van der Waals surface area (Å²) in [5.41, 5.74) is 2.97. The molecule has 0 radical (unpaired) electrons. The Bertz CT molecular complexity index is 989. The molecule has 2 aliphatic carbocycles. The van der Waals surface area contributed by atoms with Crippen LogP contribution in [0.4, 0.5) is 0 Å². The Balaban J connectivity index is 1.87. The molecular weight excluding hydrogens is 398 g/mol. The van der Waals surface area contributed by atoms with Crippen molar-refractivity contribution in [2.24, 2.45) is 23.2 Å². The molecule has 4 nitrogen and oxygen atoms in total. The Kier molecular flexibility index (Phi) is 6.28. The number of hydrogen-bond donors (Lipinski definition) is 3. The van der Waals surface area contributed by atoms with Crippen LogP contribution in [0.2, 0.25) is 0 Å². The van der Waals surface area contributed by atoms with Crippen molar-refractivity contribution in [2.75, 3.05) is 0 Å². The first kappa shape index (κ1) is 22.8. The summed E-state index contributed by atoms with van der Waals surface area (Å²) in [6.45, 7) is 8.14. The zero-order valence-corrected chi connectivity index (χ0v) is 19.5. The van der Waals surface area contributed by atoms with Crippen LogP contribution in [0.25, 0.3) is 0 Å². The number of nitrogens with one attached hydrogen (secondary N) is 1. The lowest BCUT2D eigenvalue weighted by Crippen LogP contribution is -2.56. The number of allylic oxidation sites excluding steroid dienone is 4. The zero-order chi connectivity index (χ0) is 23.0. The molecule has 1 spiro atoms. The summed E-state index contributed by atoms with van der Waals surface area (Å²) in [6.07, 6.45) is 9.59. The third-order valence-electron chi connectivity index (χ3n) is 7.78. The largest absolute Gasteiger partial charge is 0.388 e. The second kappa shape index (κ2) is 8.84. The van der Waals surface area contributed by atoms with E-state index in [1.165, 1.54) is 0 Å². The van der Waals surface area contributed by atoms with Crippen molar-refractivity contribution in [3.63, 3.8) is 0 Å². The fourth-order valence-electron chi connectivity index (χ4n) is 6.11. The van der Waals surface area contributed by atoms with E-state index in [1.807, 2.05) is 51.1 Å². The van der Waals surface area contributed by atoms with E-state index in [-0.39, 0.29) is 17.9 Å². The third kappa shape index (κ3) is 3.70. The van der Waals surface area contributed by atoms with Crippen LogP contribution in [0.3, 0.4) is 0 Å². The number of aliphatic hydroxyl groups is 2. The Morgan fingerprint density at radius 3 is 2.50 bits per heavy atom. The predicted octanol–water partition coefficient (Wildman–Crippen LogP) is 4.12. The van der Waals surface area contributed by atoms with Gasteiger partial charge in [0.15, 0.2) is 0 Å². The molecule has 4 heteroatoms. The predicted molar refractivity (Wildman–Crippen MR) is 128 cm³/mol. The maximum Gasteiger partial charge on any atom is 0.230 e. The summed E-state index contributed by atoms with van der Waals surface area (Å²) in [4.78, 5) is 13.8. The smallest absolute Gasteiger partial charge is 0.230 e. The summed E-state index contributed by atoms with van der Waals surface area (Å²) in [6, 6.07) is 10.00. The van der Waals surface area contributed by atoms with Gasteiger partial charge in [0.25, 0.3) is 0 Å². The van der Waals surface area contributed by atoms with Gasteiger partial charge in [-0.15, -0.1) is 0 Å². The summed E-state index contributed by atoms with van der Waals surface area (Å²) in [5.74, 6) is -0.548. The number of benzene rings is 1. The highest BCUT2D eigenvalue weighted by Gasteiger charge is 2.65. The minimum absolute atomic E-state index is 0.146. The molecule has 1 heterocycles. The number of rotatable bonds is 2. The molecule has 0 unspecified atom stereocenters. The Hall–Kier alpha value is -2.43. The van der Waals surface area contributed by atoms with Crippen molar-refractivity contribution < 1.29 is 15.0 Å². The minimum atomic E-state index is -1.15. The zero-order valence-electron chi connectivity index (χ0n) is 19.5.